The first-order chi connectivity index (χ1) is 16.5. The van der Waals surface area contributed by atoms with Gasteiger partial charge in [-0.05, 0) is 48.2 Å². The van der Waals surface area contributed by atoms with Crippen molar-refractivity contribution in [3.8, 4) is 23.0 Å². The number of carbonyl (C=O) groups excluding carboxylic acids is 1. The van der Waals surface area contributed by atoms with E-state index in [0.29, 0.717) is 47.2 Å². The van der Waals surface area contributed by atoms with E-state index < -0.39 is 5.97 Å². The molecule has 2 aromatic carbocycles. The zero-order valence-corrected chi connectivity index (χ0v) is 19.5. The number of fused-ring (bicyclic) bond motifs is 2. The van der Waals surface area contributed by atoms with Crippen LogP contribution in [-0.2, 0) is 9.59 Å². The number of benzene rings is 2. The lowest BCUT2D eigenvalue weighted by molar-refractivity contribution is -0.131. The molecule has 0 saturated carbocycles. The van der Waals surface area contributed by atoms with Crippen LogP contribution in [0.25, 0.3) is 11.1 Å². The highest BCUT2D eigenvalue weighted by molar-refractivity contribution is 6.38. The smallest absolute Gasteiger partial charge is 0.337 e. The summed E-state index contributed by atoms with van der Waals surface area (Å²) in [5.74, 6) is 0.498. The van der Waals surface area contributed by atoms with Crippen LogP contribution in [0.15, 0.2) is 36.4 Å². The molecule has 180 valence electrons. The minimum atomic E-state index is -1.20. The van der Waals surface area contributed by atoms with Crippen LogP contribution < -0.4 is 18.9 Å². The van der Waals surface area contributed by atoms with E-state index in [4.69, 9.17) is 18.9 Å². The molecule has 0 radical (unpaired) electrons. The molecule has 1 N–H and O–H groups in total. The van der Waals surface area contributed by atoms with Gasteiger partial charge in [-0.15, -0.1) is 0 Å². The Bertz CT molecular complexity index is 1100. The van der Waals surface area contributed by atoms with Gasteiger partial charge in [-0.1, -0.05) is 38.8 Å². The summed E-state index contributed by atoms with van der Waals surface area (Å²) in [5, 5.41) is 10.3. The predicted molar refractivity (Wildman–Crippen MR) is 126 cm³/mol. The fourth-order valence-electron chi connectivity index (χ4n) is 4.02. The van der Waals surface area contributed by atoms with E-state index in [9.17, 15) is 14.7 Å². The molecule has 8 heteroatoms. The number of amides is 1. The lowest BCUT2D eigenvalue weighted by Gasteiger charge is -2.25. The average molecular weight is 468 g/mol. The van der Waals surface area contributed by atoms with E-state index in [1.54, 1.807) is 41.3 Å². The first-order valence-corrected chi connectivity index (χ1v) is 11.6. The molecule has 1 amide bonds. The topological polar surface area (TPSA) is 94.5 Å². The van der Waals surface area contributed by atoms with Crippen LogP contribution in [0, 0.1) is 0 Å². The Morgan fingerprint density at radius 1 is 0.765 bits per heavy atom. The third-order valence-corrected chi connectivity index (χ3v) is 5.85. The standard InChI is InChI=1S/C26H29NO7/c1-3-5-11-27(12-6-4-2)25(28)23(17-7-9-19-21(13-17)33-15-31-19)24(26(29)30)18-8-10-20-22(14-18)34-16-32-20/h7-10,13-14H,3-6,11-12,15-16H2,1-2H3,(H,29,30)/b24-23-. The summed E-state index contributed by atoms with van der Waals surface area (Å²) in [6, 6.07) is 9.98. The summed E-state index contributed by atoms with van der Waals surface area (Å²) >= 11 is 0. The van der Waals surface area contributed by atoms with Gasteiger partial charge in [0.2, 0.25) is 13.6 Å². The van der Waals surface area contributed by atoms with Crippen molar-refractivity contribution in [2.24, 2.45) is 0 Å². The summed E-state index contributed by atoms with van der Waals surface area (Å²) in [4.78, 5) is 28.4. The number of hydrogen-bond acceptors (Lipinski definition) is 6. The highest BCUT2D eigenvalue weighted by Crippen LogP contribution is 2.40. The molecule has 0 aliphatic carbocycles. The van der Waals surface area contributed by atoms with Crippen LogP contribution in [0.1, 0.15) is 50.7 Å². The molecule has 4 rings (SSSR count). The fraction of sp³-hybridized carbons (Fsp3) is 0.385. The molecule has 0 unspecified atom stereocenters. The van der Waals surface area contributed by atoms with Crippen LogP contribution in [0.4, 0.5) is 0 Å². The van der Waals surface area contributed by atoms with Crippen molar-refractivity contribution in [1.29, 1.82) is 0 Å². The Morgan fingerprint density at radius 3 is 1.71 bits per heavy atom. The van der Waals surface area contributed by atoms with Crippen LogP contribution in [0.5, 0.6) is 23.0 Å². The number of carboxylic acids is 1. The monoisotopic (exact) mass is 467 g/mol. The zero-order valence-electron chi connectivity index (χ0n) is 19.5. The number of rotatable bonds is 10. The molecule has 2 heterocycles. The van der Waals surface area contributed by atoms with Gasteiger partial charge in [0.05, 0.1) is 11.1 Å². The lowest BCUT2D eigenvalue weighted by Crippen LogP contribution is -2.34. The molecule has 0 atom stereocenters. The third kappa shape index (κ3) is 4.81. The maximum absolute atomic E-state index is 14.0. The summed E-state index contributed by atoms with van der Waals surface area (Å²) in [7, 11) is 0. The molecule has 2 aliphatic heterocycles. The van der Waals surface area contributed by atoms with Crippen molar-refractivity contribution in [3.63, 3.8) is 0 Å². The second-order valence-corrected chi connectivity index (χ2v) is 8.19. The SMILES string of the molecule is CCCCN(CCCC)C(=O)/C(=C(\C(=O)O)c1ccc2c(c1)OCO2)c1ccc2c(c1)OCO2. The van der Waals surface area contributed by atoms with Gasteiger partial charge in [0.15, 0.2) is 23.0 Å². The predicted octanol–water partition coefficient (Wildman–Crippen LogP) is 4.57. The molecule has 2 aliphatic rings. The number of carbonyl (C=O) groups is 2. The van der Waals surface area contributed by atoms with Crippen molar-refractivity contribution in [1.82, 2.24) is 4.90 Å². The van der Waals surface area contributed by atoms with Crippen molar-refractivity contribution in [2.45, 2.75) is 39.5 Å². The first kappa shape index (κ1) is 23.5. The van der Waals surface area contributed by atoms with Crippen LogP contribution in [0.2, 0.25) is 0 Å². The Morgan fingerprint density at radius 2 is 1.24 bits per heavy atom. The van der Waals surface area contributed by atoms with Gasteiger partial charge in [0.1, 0.15) is 0 Å². The van der Waals surface area contributed by atoms with Gasteiger partial charge < -0.3 is 29.0 Å². The molecule has 8 nitrogen and oxygen atoms in total. The van der Waals surface area contributed by atoms with Gasteiger partial charge >= 0.3 is 5.97 Å². The first-order valence-electron chi connectivity index (χ1n) is 11.6. The summed E-state index contributed by atoms with van der Waals surface area (Å²) < 4.78 is 21.8. The molecule has 0 saturated heterocycles. The summed E-state index contributed by atoms with van der Waals surface area (Å²) in [6.45, 7) is 5.38. The van der Waals surface area contributed by atoms with E-state index in [0.717, 1.165) is 25.7 Å². The summed E-state index contributed by atoms with van der Waals surface area (Å²) in [6.07, 6.45) is 3.51. The number of aliphatic carboxylic acids is 1. The number of nitrogens with zero attached hydrogens (tertiary/aromatic N) is 1. The Labute approximate surface area is 198 Å². The summed E-state index contributed by atoms with van der Waals surface area (Å²) in [5.41, 5.74) is 0.836. The molecule has 0 spiro atoms. The van der Waals surface area contributed by atoms with E-state index in [2.05, 4.69) is 13.8 Å². The third-order valence-electron chi connectivity index (χ3n) is 5.85. The molecule has 34 heavy (non-hydrogen) atoms. The fourth-order valence-corrected chi connectivity index (χ4v) is 4.02. The molecular formula is C26H29NO7. The molecule has 0 fully saturated rings. The van der Waals surface area contributed by atoms with Gasteiger partial charge in [-0.25, -0.2) is 4.79 Å². The van der Waals surface area contributed by atoms with Gasteiger partial charge in [0.25, 0.3) is 5.91 Å². The number of carboxylic acid groups (broad SMARTS) is 1. The molecule has 0 aromatic heterocycles. The Kier molecular flexibility index (Phi) is 7.25. The second kappa shape index (κ2) is 10.5. The highest BCUT2D eigenvalue weighted by atomic mass is 16.7. The van der Waals surface area contributed by atoms with Gasteiger partial charge in [0, 0.05) is 13.1 Å². The average Bonchev–Trinajstić information content (AvgIpc) is 3.50. The van der Waals surface area contributed by atoms with Crippen molar-refractivity contribution >= 4 is 23.0 Å². The largest absolute Gasteiger partial charge is 0.478 e. The molecule has 0 bridgehead atoms. The van der Waals surface area contributed by atoms with Crippen molar-refractivity contribution < 1.29 is 33.6 Å². The molecule has 2 aromatic rings. The number of unbranched alkanes of at least 4 members (excludes halogenated alkanes) is 2. The van der Waals surface area contributed by atoms with Crippen LogP contribution >= 0.6 is 0 Å². The van der Waals surface area contributed by atoms with Crippen molar-refractivity contribution in [3.05, 3.63) is 47.5 Å². The van der Waals surface area contributed by atoms with Crippen LogP contribution in [-0.4, -0.2) is 48.6 Å². The zero-order chi connectivity index (χ0) is 24.1. The quantitative estimate of drug-likeness (QED) is 0.404. The van der Waals surface area contributed by atoms with Gasteiger partial charge in [-0.3, -0.25) is 4.79 Å². The number of hydrogen-bond donors (Lipinski definition) is 1. The minimum absolute atomic E-state index is 0.0701. The van der Waals surface area contributed by atoms with Crippen molar-refractivity contribution in [2.75, 3.05) is 26.7 Å². The second-order valence-electron chi connectivity index (χ2n) is 8.19. The van der Waals surface area contributed by atoms with E-state index in [1.165, 1.54) is 0 Å². The Balaban J connectivity index is 1.88. The van der Waals surface area contributed by atoms with Gasteiger partial charge in [-0.2, -0.15) is 0 Å². The van der Waals surface area contributed by atoms with E-state index >= 15 is 0 Å². The van der Waals surface area contributed by atoms with E-state index in [1.807, 2.05) is 0 Å². The minimum Gasteiger partial charge on any atom is -0.478 e. The maximum Gasteiger partial charge on any atom is 0.337 e. The van der Waals surface area contributed by atoms with E-state index in [-0.39, 0.29) is 30.6 Å². The molecular weight excluding hydrogens is 438 g/mol. The highest BCUT2D eigenvalue weighted by Gasteiger charge is 2.30. The van der Waals surface area contributed by atoms with Crippen LogP contribution in [0.3, 0.4) is 0 Å². The number of ether oxygens (including phenoxy) is 4. The maximum atomic E-state index is 14.0. The lowest BCUT2D eigenvalue weighted by atomic mass is 9.92. The normalized spacial score (nSPS) is 14.1. The Hall–Kier alpha value is -3.68.